The van der Waals surface area contributed by atoms with Crippen molar-refractivity contribution < 1.29 is 42.9 Å². The van der Waals surface area contributed by atoms with E-state index in [1.807, 2.05) is 0 Å². The van der Waals surface area contributed by atoms with Crippen LogP contribution in [-0.4, -0.2) is 59.9 Å². The zero-order valence-corrected chi connectivity index (χ0v) is 24.8. The molecule has 1 heterocycles. The highest BCUT2D eigenvalue weighted by Crippen LogP contribution is 2.34. The van der Waals surface area contributed by atoms with E-state index >= 15 is 0 Å². The molecule has 44 heavy (non-hydrogen) atoms. The average Bonchev–Trinajstić information content (AvgIpc) is 3.37. The van der Waals surface area contributed by atoms with Crippen LogP contribution in [0, 0.1) is 0 Å². The highest BCUT2D eigenvalue weighted by Gasteiger charge is 2.53. The molecule has 0 radical (unpaired) electrons. The molecule has 1 saturated heterocycles. The topological polar surface area (TPSA) is 114 Å². The number of esters is 4. The Kier molecular flexibility index (Phi) is 10.2. The van der Waals surface area contributed by atoms with Gasteiger partial charge in [0.05, 0.1) is 22.3 Å². The van der Waals surface area contributed by atoms with Gasteiger partial charge in [-0.1, -0.05) is 88.7 Å². The van der Waals surface area contributed by atoms with Crippen LogP contribution in [0.5, 0.6) is 0 Å². The van der Waals surface area contributed by atoms with E-state index in [4.69, 9.17) is 23.7 Å². The summed E-state index contributed by atoms with van der Waals surface area (Å²) in [5.74, 6) is -2.79. The predicted molar refractivity (Wildman–Crippen MR) is 161 cm³/mol. The molecule has 4 aromatic rings. The van der Waals surface area contributed by atoms with Crippen molar-refractivity contribution >= 4 is 39.8 Å². The number of carbonyl (C=O) groups is 4. The molecule has 0 aliphatic carbocycles. The molecule has 1 aliphatic heterocycles. The van der Waals surface area contributed by atoms with Gasteiger partial charge in [-0.25, -0.2) is 19.2 Å². The van der Waals surface area contributed by atoms with E-state index in [0.29, 0.717) is 0 Å². The van der Waals surface area contributed by atoms with Crippen LogP contribution in [-0.2, 0) is 23.7 Å². The summed E-state index contributed by atoms with van der Waals surface area (Å²) in [6.45, 7) is -0.449. The van der Waals surface area contributed by atoms with Gasteiger partial charge in [0.25, 0.3) is 0 Å². The lowest BCUT2D eigenvalue weighted by Gasteiger charge is -2.28. The second kappa shape index (κ2) is 14.6. The van der Waals surface area contributed by atoms with Crippen LogP contribution in [0.2, 0.25) is 0 Å². The monoisotopic (exact) mass is 658 g/mol. The third kappa shape index (κ3) is 7.58. The molecule has 0 N–H and O–H groups in total. The minimum Gasteiger partial charge on any atom is -0.458 e. The SMILES string of the molecule is O=C(OC[C@@H](OC(=O)c1ccccc1)[C@@H]1O[C@@H](Br)[C@H](OC(=O)c2ccccc2)[C@H]1OC(=O)c1ccccc1)c1ccccc1. The summed E-state index contributed by atoms with van der Waals surface area (Å²) in [5, 5.41) is -0.975. The van der Waals surface area contributed by atoms with Gasteiger partial charge in [-0.15, -0.1) is 0 Å². The van der Waals surface area contributed by atoms with E-state index in [1.54, 1.807) is 121 Å². The third-order valence-electron chi connectivity index (χ3n) is 6.72. The summed E-state index contributed by atoms with van der Waals surface area (Å²) in [6.07, 6.45) is -4.92. The molecule has 10 heteroatoms. The summed E-state index contributed by atoms with van der Waals surface area (Å²) >= 11 is 3.39. The van der Waals surface area contributed by atoms with Crippen LogP contribution in [0.25, 0.3) is 0 Å². The van der Waals surface area contributed by atoms with Gasteiger partial charge in [0.1, 0.15) is 12.7 Å². The summed E-state index contributed by atoms with van der Waals surface area (Å²) < 4.78 is 29.1. The number of rotatable bonds is 10. The molecular formula is C34H27BrO9. The highest BCUT2D eigenvalue weighted by atomic mass is 79.9. The molecule has 5 atom stereocenters. The van der Waals surface area contributed by atoms with Crippen LogP contribution in [0.15, 0.2) is 121 Å². The van der Waals surface area contributed by atoms with Crippen LogP contribution >= 0.6 is 15.9 Å². The normalized spacial score (nSPS) is 19.8. The first kappa shape index (κ1) is 30.7. The van der Waals surface area contributed by atoms with Gasteiger partial charge in [-0.3, -0.25) is 0 Å². The second-order valence-electron chi connectivity index (χ2n) is 9.70. The van der Waals surface area contributed by atoms with Gasteiger partial charge in [-0.2, -0.15) is 0 Å². The number of ether oxygens (including phenoxy) is 5. The molecule has 0 aromatic heterocycles. The first-order chi connectivity index (χ1) is 21.4. The summed E-state index contributed by atoms with van der Waals surface area (Å²) in [6, 6.07) is 33.0. The van der Waals surface area contributed by atoms with Crippen molar-refractivity contribution in [1.29, 1.82) is 0 Å². The first-order valence-electron chi connectivity index (χ1n) is 13.7. The van der Waals surface area contributed by atoms with Gasteiger partial charge >= 0.3 is 23.9 Å². The molecule has 1 aliphatic rings. The van der Waals surface area contributed by atoms with Crippen LogP contribution in [0.4, 0.5) is 0 Å². The fourth-order valence-electron chi connectivity index (χ4n) is 4.52. The molecule has 0 bridgehead atoms. The van der Waals surface area contributed by atoms with Crippen molar-refractivity contribution in [2.75, 3.05) is 6.61 Å². The largest absolute Gasteiger partial charge is 0.458 e. The minimum atomic E-state index is -1.27. The molecule has 0 saturated carbocycles. The van der Waals surface area contributed by atoms with Crippen molar-refractivity contribution in [1.82, 2.24) is 0 Å². The van der Waals surface area contributed by atoms with E-state index < -0.39 is 59.9 Å². The van der Waals surface area contributed by atoms with Gasteiger partial charge in [0, 0.05) is 0 Å². The summed E-state index contributed by atoms with van der Waals surface area (Å²) in [4.78, 5) is 52.3. The van der Waals surface area contributed by atoms with Crippen LogP contribution in [0.3, 0.4) is 0 Å². The van der Waals surface area contributed by atoms with Gasteiger partial charge < -0.3 is 23.7 Å². The number of benzene rings is 4. The summed E-state index contributed by atoms with van der Waals surface area (Å²) in [7, 11) is 0. The van der Waals surface area contributed by atoms with Gasteiger partial charge in [-0.05, 0) is 48.5 Å². The van der Waals surface area contributed by atoms with Crippen molar-refractivity contribution in [3.63, 3.8) is 0 Å². The molecule has 9 nitrogen and oxygen atoms in total. The molecule has 224 valence electrons. The van der Waals surface area contributed by atoms with Crippen LogP contribution < -0.4 is 0 Å². The van der Waals surface area contributed by atoms with E-state index in [9.17, 15) is 19.2 Å². The molecule has 0 amide bonds. The fourth-order valence-corrected chi connectivity index (χ4v) is 5.18. The number of alkyl halides is 1. The quantitative estimate of drug-likeness (QED) is 0.121. The Bertz CT molecular complexity index is 1570. The fraction of sp³-hybridized carbons (Fsp3) is 0.176. The lowest BCUT2D eigenvalue weighted by Crippen LogP contribution is -2.47. The Morgan fingerprint density at radius 3 is 1.41 bits per heavy atom. The molecular weight excluding hydrogens is 632 g/mol. The van der Waals surface area contributed by atoms with Crippen molar-refractivity contribution in [3.05, 3.63) is 144 Å². The van der Waals surface area contributed by atoms with E-state index in [2.05, 4.69) is 15.9 Å². The number of hydrogen-bond acceptors (Lipinski definition) is 9. The van der Waals surface area contributed by atoms with Gasteiger partial charge in [0.15, 0.2) is 23.3 Å². The summed E-state index contributed by atoms with van der Waals surface area (Å²) in [5.41, 5.74) is 1.04. The third-order valence-corrected chi connectivity index (χ3v) is 7.46. The maximum atomic E-state index is 13.2. The van der Waals surface area contributed by atoms with Crippen molar-refractivity contribution in [3.8, 4) is 0 Å². The number of carbonyl (C=O) groups excluding carboxylic acids is 4. The molecule has 0 spiro atoms. The Hall–Kier alpha value is -4.80. The van der Waals surface area contributed by atoms with Crippen molar-refractivity contribution in [2.24, 2.45) is 0 Å². The predicted octanol–water partition coefficient (Wildman–Crippen LogP) is 5.64. The average molecular weight is 659 g/mol. The standard InChI is InChI=1S/C34H27BrO9/c35-30-29(44-34(39)25-19-11-4-12-20-25)28(43-33(38)24-17-9-3-10-18-24)27(42-30)26(41-32(37)23-15-7-2-8-16-23)21-40-31(36)22-13-5-1-6-14-22/h1-20,26-30H,21H2/t26-,27+,28+,29-,30-/m1/s1. The molecule has 5 rings (SSSR count). The lowest BCUT2D eigenvalue weighted by molar-refractivity contribution is -0.0895. The lowest BCUT2D eigenvalue weighted by atomic mass is 10.1. The minimum absolute atomic E-state index is 0.241. The highest BCUT2D eigenvalue weighted by molar-refractivity contribution is 9.09. The maximum Gasteiger partial charge on any atom is 0.338 e. The van der Waals surface area contributed by atoms with E-state index in [0.717, 1.165) is 0 Å². The zero-order valence-electron chi connectivity index (χ0n) is 23.2. The van der Waals surface area contributed by atoms with E-state index in [-0.39, 0.29) is 22.3 Å². The van der Waals surface area contributed by atoms with Crippen molar-refractivity contribution in [2.45, 2.75) is 29.4 Å². The Morgan fingerprint density at radius 1 is 0.568 bits per heavy atom. The smallest absolute Gasteiger partial charge is 0.338 e. The first-order valence-corrected chi connectivity index (χ1v) is 14.6. The van der Waals surface area contributed by atoms with E-state index in [1.165, 1.54) is 0 Å². The Labute approximate surface area is 261 Å². The zero-order chi connectivity index (χ0) is 30.9. The maximum absolute atomic E-state index is 13.2. The Balaban J connectivity index is 1.45. The second-order valence-corrected chi connectivity index (χ2v) is 10.6. The number of halogens is 1. The molecule has 4 aromatic carbocycles. The number of hydrogen-bond donors (Lipinski definition) is 0. The van der Waals surface area contributed by atoms with Crippen LogP contribution in [0.1, 0.15) is 41.4 Å². The molecule has 0 unspecified atom stereocenters. The van der Waals surface area contributed by atoms with Gasteiger partial charge in [0.2, 0.25) is 0 Å². The Morgan fingerprint density at radius 2 is 0.955 bits per heavy atom. The molecule has 1 fully saturated rings.